The molecule has 0 saturated heterocycles. The van der Waals surface area contributed by atoms with Gasteiger partial charge in [-0.3, -0.25) is 9.59 Å². The molecular formula is C16H20F3NO4. The lowest BCUT2D eigenvalue weighted by atomic mass is 9.98. The van der Waals surface area contributed by atoms with Gasteiger partial charge >= 0.3 is 12.1 Å². The first-order chi connectivity index (χ1) is 11.1. The maximum absolute atomic E-state index is 12.5. The molecule has 0 aliphatic carbocycles. The van der Waals surface area contributed by atoms with Crippen LogP contribution in [0.3, 0.4) is 0 Å². The molecular weight excluding hydrogens is 327 g/mol. The van der Waals surface area contributed by atoms with Gasteiger partial charge in [0.05, 0.1) is 12.2 Å². The highest BCUT2D eigenvalue weighted by Gasteiger charge is 2.30. The standard InChI is InChI=1S/C16H20F3NO4/c1-11(15(23)20(7-8-24-2)10-14(21)22)9-12-3-5-13(6-4-12)16(17,18)19/h3-6,11H,7-10H2,1-2H3,(H,21,22). The predicted molar refractivity (Wildman–Crippen MR) is 80.4 cm³/mol. The van der Waals surface area contributed by atoms with E-state index in [0.717, 1.165) is 12.1 Å². The molecule has 1 N–H and O–H groups in total. The summed E-state index contributed by atoms with van der Waals surface area (Å²) in [5.74, 6) is -2.08. The molecule has 1 aromatic rings. The number of carbonyl (C=O) groups is 2. The Kier molecular flexibility index (Phi) is 7.21. The van der Waals surface area contributed by atoms with Crippen LogP contribution in [0.4, 0.5) is 13.2 Å². The molecule has 0 aliphatic heterocycles. The van der Waals surface area contributed by atoms with Crippen molar-refractivity contribution in [1.29, 1.82) is 0 Å². The van der Waals surface area contributed by atoms with E-state index in [-0.39, 0.29) is 25.5 Å². The number of ether oxygens (including phenoxy) is 1. The van der Waals surface area contributed by atoms with E-state index < -0.39 is 30.2 Å². The van der Waals surface area contributed by atoms with Crippen LogP contribution in [0.5, 0.6) is 0 Å². The zero-order chi connectivity index (χ0) is 18.3. The maximum Gasteiger partial charge on any atom is 0.416 e. The summed E-state index contributed by atoms with van der Waals surface area (Å²) < 4.78 is 42.4. The molecule has 0 saturated carbocycles. The fourth-order valence-electron chi connectivity index (χ4n) is 2.21. The van der Waals surface area contributed by atoms with Crippen molar-refractivity contribution in [1.82, 2.24) is 4.90 Å². The number of carboxylic acid groups (broad SMARTS) is 1. The fourth-order valence-corrected chi connectivity index (χ4v) is 2.21. The molecule has 1 aromatic carbocycles. The Hall–Kier alpha value is -2.09. The predicted octanol–water partition coefficient (Wildman–Crippen LogP) is 2.44. The molecule has 0 heterocycles. The highest BCUT2D eigenvalue weighted by atomic mass is 19.4. The van der Waals surface area contributed by atoms with Crippen LogP contribution in [0.25, 0.3) is 0 Å². The Morgan fingerprint density at radius 2 is 1.83 bits per heavy atom. The highest BCUT2D eigenvalue weighted by molar-refractivity contribution is 5.83. The van der Waals surface area contributed by atoms with E-state index in [1.54, 1.807) is 6.92 Å². The zero-order valence-electron chi connectivity index (χ0n) is 13.5. The van der Waals surface area contributed by atoms with Crippen molar-refractivity contribution in [3.63, 3.8) is 0 Å². The Morgan fingerprint density at radius 3 is 2.29 bits per heavy atom. The molecule has 1 atom stereocenters. The van der Waals surface area contributed by atoms with E-state index in [9.17, 15) is 22.8 Å². The largest absolute Gasteiger partial charge is 0.480 e. The molecule has 5 nitrogen and oxygen atoms in total. The van der Waals surface area contributed by atoms with E-state index >= 15 is 0 Å². The molecule has 0 fully saturated rings. The second-order valence-corrected chi connectivity index (χ2v) is 5.45. The quantitative estimate of drug-likeness (QED) is 0.784. The Morgan fingerprint density at radius 1 is 1.25 bits per heavy atom. The Bertz CT molecular complexity index is 557. The molecule has 1 unspecified atom stereocenters. The molecule has 0 radical (unpaired) electrons. The Balaban J connectivity index is 2.74. The second kappa shape index (κ2) is 8.68. The normalized spacial score (nSPS) is 12.7. The number of alkyl halides is 3. The number of halogens is 3. The summed E-state index contributed by atoms with van der Waals surface area (Å²) in [6.45, 7) is 1.51. The van der Waals surface area contributed by atoms with Crippen molar-refractivity contribution < 1.29 is 32.6 Å². The van der Waals surface area contributed by atoms with Crippen molar-refractivity contribution in [3.05, 3.63) is 35.4 Å². The smallest absolute Gasteiger partial charge is 0.416 e. The van der Waals surface area contributed by atoms with Gasteiger partial charge in [0.1, 0.15) is 6.54 Å². The molecule has 0 spiro atoms. The number of hydrogen-bond donors (Lipinski definition) is 1. The van der Waals surface area contributed by atoms with Gasteiger partial charge in [-0.05, 0) is 24.1 Å². The van der Waals surface area contributed by atoms with Gasteiger partial charge < -0.3 is 14.7 Å². The van der Waals surface area contributed by atoms with Gasteiger partial charge in [-0.25, -0.2) is 0 Å². The summed E-state index contributed by atoms with van der Waals surface area (Å²) in [4.78, 5) is 24.4. The van der Waals surface area contributed by atoms with E-state index in [2.05, 4.69) is 0 Å². The van der Waals surface area contributed by atoms with Gasteiger partial charge in [0.2, 0.25) is 5.91 Å². The summed E-state index contributed by atoms with van der Waals surface area (Å²) in [5, 5.41) is 8.87. The Labute approximate surface area is 138 Å². The number of methoxy groups -OCH3 is 1. The summed E-state index contributed by atoms with van der Waals surface area (Å²) in [6.07, 6.45) is -4.18. The van der Waals surface area contributed by atoms with E-state index in [1.165, 1.54) is 24.1 Å². The lowest BCUT2D eigenvalue weighted by molar-refractivity contribution is -0.146. The SMILES string of the molecule is COCCN(CC(=O)O)C(=O)C(C)Cc1ccc(C(F)(F)F)cc1. The molecule has 0 aliphatic rings. The lowest BCUT2D eigenvalue weighted by Crippen LogP contribution is -2.41. The van der Waals surface area contributed by atoms with Crippen molar-refractivity contribution in [2.24, 2.45) is 5.92 Å². The van der Waals surface area contributed by atoms with Crippen LogP contribution < -0.4 is 0 Å². The number of benzene rings is 1. The number of hydrogen-bond acceptors (Lipinski definition) is 3. The number of nitrogens with zero attached hydrogens (tertiary/aromatic N) is 1. The van der Waals surface area contributed by atoms with Crippen LogP contribution in [-0.2, 0) is 26.9 Å². The number of carbonyl (C=O) groups excluding carboxylic acids is 1. The minimum atomic E-state index is -4.40. The van der Waals surface area contributed by atoms with E-state index in [0.29, 0.717) is 5.56 Å². The molecule has 1 rings (SSSR count). The third-order valence-electron chi connectivity index (χ3n) is 3.45. The first-order valence-corrected chi connectivity index (χ1v) is 7.30. The van der Waals surface area contributed by atoms with E-state index in [1.807, 2.05) is 0 Å². The second-order valence-electron chi connectivity index (χ2n) is 5.45. The summed E-state index contributed by atoms with van der Waals surface area (Å²) in [7, 11) is 1.44. The van der Waals surface area contributed by atoms with Crippen LogP contribution in [0.15, 0.2) is 24.3 Å². The topological polar surface area (TPSA) is 66.8 Å². The average molecular weight is 347 g/mol. The monoisotopic (exact) mass is 347 g/mol. The van der Waals surface area contributed by atoms with Crippen LogP contribution in [0.1, 0.15) is 18.1 Å². The minimum absolute atomic E-state index is 0.138. The number of aliphatic carboxylic acids is 1. The van der Waals surface area contributed by atoms with Crippen molar-refractivity contribution in [3.8, 4) is 0 Å². The number of carboxylic acids is 1. The van der Waals surface area contributed by atoms with Crippen LogP contribution in [-0.4, -0.2) is 48.7 Å². The van der Waals surface area contributed by atoms with Gasteiger partial charge in [0, 0.05) is 19.6 Å². The molecule has 0 aromatic heterocycles. The molecule has 8 heteroatoms. The van der Waals surface area contributed by atoms with Crippen molar-refractivity contribution in [2.75, 3.05) is 26.8 Å². The lowest BCUT2D eigenvalue weighted by Gasteiger charge is -2.24. The van der Waals surface area contributed by atoms with Gasteiger partial charge in [-0.2, -0.15) is 13.2 Å². The van der Waals surface area contributed by atoms with Crippen molar-refractivity contribution >= 4 is 11.9 Å². The van der Waals surface area contributed by atoms with Crippen LogP contribution in [0, 0.1) is 5.92 Å². The van der Waals surface area contributed by atoms with Gasteiger partial charge in [0.25, 0.3) is 0 Å². The third-order valence-corrected chi connectivity index (χ3v) is 3.45. The number of amides is 1. The van der Waals surface area contributed by atoms with Gasteiger partial charge in [-0.15, -0.1) is 0 Å². The summed E-state index contributed by atoms with van der Waals surface area (Å²) in [5.41, 5.74) is -0.177. The summed E-state index contributed by atoms with van der Waals surface area (Å²) in [6, 6.07) is 4.57. The summed E-state index contributed by atoms with van der Waals surface area (Å²) >= 11 is 0. The molecule has 24 heavy (non-hydrogen) atoms. The average Bonchev–Trinajstić information content (AvgIpc) is 2.50. The first-order valence-electron chi connectivity index (χ1n) is 7.30. The maximum atomic E-state index is 12.5. The van der Waals surface area contributed by atoms with Crippen LogP contribution >= 0.6 is 0 Å². The molecule has 0 bridgehead atoms. The zero-order valence-corrected chi connectivity index (χ0v) is 13.5. The fraction of sp³-hybridized carbons (Fsp3) is 0.500. The van der Waals surface area contributed by atoms with Crippen LogP contribution in [0.2, 0.25) is 0 Å². The number of rotatable bonds is 8. The highest BCUT2D eigenvalue weighted by Crippen LogP contribution is 2.29. The van der Waals surface area contributed by atoms with Gasteiger partial charge in [0.15, 0.2) is 0 Å². The van der Waals surface area contributed by atoms with Gasteiger partial charge in [-0.1, -0.05) is 19.1 Å². The first kappa shape index (κ1) is 20.0. The molecule has 134 valence electrons. The van der Waals surface area contributed by atoms with Crippen molar-refractivity contribution in [2.45, 2.75) is 19.5 Å². The van der Waals surface area contributed by atoms with E-state index in [4.69, 9.17) is 9.84 Å². The molecule has 1 amide bonds. The third kappa shape index (κ3) is 6.19. The minimum Gasteiger partial charge on any atom is -0.480 e.